The molecule has 1 unspecified atom stereocenters. The fourth-order valence-electron chi connectivity index (χ4n) is 2.86. The number of rotatable bonds is 4. The van der Waals surface area contributed by atoms with Crippen LogP contribution in [0.15, 0.2) is 41.8 Å². The molecule has 0 saturated carbocycles. The maximum atomic E-state index is 12.8. The van der Waals surface area contributed by atoms with Gasteiger partial charge in [-0.2, -0.15) is 0 Å². The van der Waals surface area contributed by atoms with Crippen molar-refractivity contribution < 1.29 is 14.3 Å². The van der Waals surface area contributed by atoms with E-state index in [0.717, 1.165) is 11.4 Å². The number of carbonyl (C=O) groups excluding carboxylic acids is 2. The average Bonchev–Trinajstić information content (AvgIpc) is 2.70. The molecule has 1 saturated heterocycles. The van der Waals surface area contributed by atoms with Gasteiger partial charge in [-0.15, -0.1) is 0 Å². The Kier molecular flexibility index (Phi) is 5.41. The number of amides is 2. The van der Waals surface area contributed by atoms with Gasteiger partial charge in [0.1, 0.15) is 11.8 Å². The molecule has 26 heavy (non-hydrogen) atoms. The standard InChI is InChI=1S/C18H20N4O3S/c1-12-16(23)22(14-4-6-15(25-2)7-5-14)9-8-21(12)17(24)13-10-19-18(26-3)20-11-13/h4-7,10-12H,8-9H2,1-3H3. The molecule has 1 aromatic carbocycles. The molecule has 2 heterocycles. The topological polar surface area (TPSA) is 75.6 Å². The van der Waals surface area contributed by atoms with Crippen LogP contribution in [0.3, 0.4) is 0 Å². The quantitative estimate of drug-likeness (QED) is 0.604. The zero-order valence-corrected chi connectivity index (χ0v) is 15.7. The highest BCUT2D eigenvalue weighted by Gasteiger charge is 2.35. The molecular formula is C18H20N4O3S. The Labute approximate surface area is 156 Å². The lowest BCUT2D eigenvalue weighted by Crippen LogP contribution is -2.57. The van der Waals surface area contributed by atoms with Gasteiger partial charge in [-0.25, -0.2) is 9.97 Å². The summed E-state index contributed by atoms with van der Waals surface area (Å²) in [4.78, 5) is 37.1. The van der Waals surface area contributed by atoms with E-state index in [1.807, 2.05) is 30.5 Å². The number of hydrogen-bond donors (Lipinski definition) is 0. The van der Waals surface area contributed by atoms with E-state index in [4.69, 9.17) is 4.74 Å². The van der Waals surface area contributed by atoms with Crippen LogP contribution >= 0.6 is 11.8 Å². The number of anilines is 1. The van der Waals surface area contributed by atoms with E-state index >= 15 is 0 Å². The fraction of sp³-hybridized carbons (Fsp3) is 0.333. The van der Waals surface area contributed by atoms with Gasteiger partial charge in [-0.05, 0) is 37.4 Å². The molecule has 0 N–H and O–H groups in total. The largest absolute Gasteiger partial charge is 0.497 e. The third-order valence-electron chi connectivity index (χ3n) is 4.36. The summed E-state index contributed by atoms with van der Waals surface area (Å²) in [5.74, 6) is 0.390. The van der Waals surface area contributed by atoms with Gasteiger partial charge in [0, 0.05) is 31.2 Å². The molecule has 1 aromatic heterocycles. The van der Waals surface area contributed by atoms with Crippen LogP contribution in [-0.4, -0.2) is 59.2 Å². The predicted octanol–water partition coefficient (Wildman–Crippen LogP) is 2.08. The predicted molar refractivity (Wildman–Crippen MR) is 99.7 cm³/mol. The van der Waals surface area contributed by atoms with Crippen molar-refractivity contribution in [2.45, 2.75) is 18.1 Å². The molecule has 1 fully saturated rings. The van der Waals surface area contributed by atoms with Gasteiger partial charge in [0.15, 0.2) is 5.16 Å². The smallest absolute Gasteiger partial charge is 0.257 e. The highest BCUT2D eigenvalue weighted by atomic mass is 32.2. The molecule has 2 amide bonds. The number of ether oxygens (including phenoxy) is 1. The summed E-state index contributed by atoms with van der Waals surface area (Å²) in [7, 11) is 1.60. The van der Waals surface area contributed by atoms with E-state index in [1.165, 1.54) is 24.2 Å². The van der Waals surface area contributed by atoms with Gasteiger partial charge in [-0.1, -0.05) is 11.8 Å². The van der Waals surface area contributed by atoms with E-state index in [1.54, 1.807) is 23.8 Å². The zero-order valence-electron chi connectivity index (χ0n) is 14.9. The first-order valence-electron chi connectivity index (χ1n) is 8.17. The van der Waals surface area contributed by atoms with Crippen LogP contribution in [0.5, 0.6) is 5.75 Å². The van der Waals surface area contributed by atoms with Crippen LogP contribution in [0.4, 0.5) is 5.69 Å². The molecular weight excluding hydrogens is 352 g/mol. The van der Waals surface area contributed by atoms with Crippen molar-refractivity contribution in [2.75, 3.05) is 31.4 Å². The van der Waals surface area contributed by atoms with E-state index in [2.05, 4.69) is 9.97 Å². The van der Waals surface area contributed by atoms with Gasteiger partial charge < -0.3 is 14.5 Å². The van der Waals surface area contributed by atoms with Gasteiger partial charge in [0.05, 0.1) is 12.7 Å². The molecule has 1 aliphatic heterocycles. The molecule has 136 valence electrons. The lowest BCUT2D eigenvalue weighted by molar-refractivity contribution is -0.124. The second-order valence-electron chi connectivity index (χ2n) is 5.82. The van der Waals surface area contributed by atoms with E-state index in [-0.39, 0.29) is 11.8 Å². The summed E-state index contributed by atoms with van der Waals surface area (Å²) in [6, 6.07) is 6.76. The molecule has 1 aliphatic rings. The van der Waals surface area contributed by atoms with E-state index < -0.39 is 6.04 Å². The Morgan fingerprint density at radius 2 is 1.85 bits per heavy atom. The van der Waals surface area contributed by atoms with Gasteiger partial charge >= 0.3 is 0 Å². The lowest BCUT2D eigenvalue weighted by atomic mass is 10.1. The van der Waals surface area contributed by atoms with Gasteiger partial charge in [0.25, 0.3) is 5.91 Å². The first-order valence-corrected chi connectivity index (χ1v) is 9.40. The monoisotopic (exact) mass is 372 g/mol. The molecule has 0 bridgehead atoms. The average molecular weight is 372 g/mol. The molecule has 3 rings (SSSR count). The highest BCUT2D eigenvalue weighted by molar-refractivity contribution is 7.98. The van der Waals surface area contributed by atoms with Crippen LogP contribution in [0.25, 0.3) is 0 Å². The Balaban J connectivity index is 1.74. The van der Waals surface area contributed by atoms with Crippen molar-refractivity contribution >= 4 is 29.3 Å². The number of carbonyl (C=O) groups is 2. The minimum Gasteiger partial charge on any atom is -0.497 e. The summed E-state index contributed by atoms with van der Waals surface area (Å²) in [6.45, 7) is 2.63. The first-order chi connectivity index (χ1) is 12.5. The normalized spacial score (nSPS) is 17.3. The molecule has 0 aliphatic carbocycles. The number of thioether (sulfide) groups is 1. The van der Waals surface area contributed by atoms with E-state index in [9.17, 15) is 9.59 Å². The van der Waals surface area contributed by atoms with Crippen molar-refractivity contribution in [2.24, 2.45) is 0 Å². The SMILES string of the molecule is COc1ccc(N2CCN(C(=O)c3cnc(SC)nc3)C(C)C2=O)cc1. The molecule has 2 aromatic rings. The van der Waals surface area contributed by atoms with Gasteiger partial charge in [-0.3, -0.25) is 9.59 Å². The minimum absolute atomic E-state index is 0.114. The number of nitrogens with zero attached hydrogens (tertiary/aromatic N) is 4. The Hall–Kier alpha value is -2.61. The van der Waals surface area contributed by atoms with Crippen molar-refractivity contribution in [3.8, 4) is 5.75 Å². The van der Waals surface area contributed by atoms with Crippen LogP contribution in [0.2, 0.25) is 0 Å². The Bertz CT molecular complexity index is 795. The number of benzene rings is 1. The molecule has 8 heteroatoms. The molecule has 1 atom stereocenters. The first kappa shape index (κ1) is 18.2. The zero-order chi connectivity index (χ0) is 18.7. The maximum absolute atomic E-state index is 12.8. The summed E-state index contributed by atoms with van der Waals surface area (Å²) < 4.78 is 5.15. The highest BCUT2D eigenvalue weighted by Crippen LogP contribution is 2.24. The fourth-order valence-corrected chi connectivity index (χ4v) is 3.18. The Morgan fingerprint density at radius 3 is 2.42 bits per heavy atom. The van der Waals surface area contributed by atoms with Crippen molar-refractivity contribution in [3.05, 3.63) is 42.2 Å². The summed E-state index contributed by atoms with van der Waals surface area (Å²) in [6.07, 6.45) is 4.89. The van der Waals surface area contributed by atoms with Crippen LogP contribution in [-0.2, 0) is 4.79 Å². The van der Waals surface area contributed by atoms with Crippen molar-refractivity contribution in [1.82, 2.24) is 14.9 Å². The van der Waals surface area contributed by atoms with Crippen molar-refractivity contribution in [1.29, 1.82) is 0 Å². The molecule has 7 nitrogen and oxygen atoms in total. The number of methoxy groups -OCH3 is 1. The van der Waals surface area contributed by atoms with Crippen LogP contribution in [0.1, 0.15) is 17.3 Å². The molecule has 0 radical (unpaired) electrons. The number of hydrogen-bond acceptors (Lipinski definition) is 6. The third kappa shape index (κ3) is 3.50. The third-order valence-corrected chi connectivity index (χ3v) is 4.93. The summed E-state index contributed by atoms with van der Waals surface area (Å²) in [5.41, 5.74) is 1.18. The van der Waals surface area contributed by atoms with E-state index in [0.29, 0.717) is 23.8 Å². The number of piperazine rings is 1. The number of aromatic nitrogens is 2. The van der Waals surface area contributed by atoms with Crippen LogP contribution < -0.4 is 9.64 Å². The Morgan fingerprint density at radius 1 is 1.19 bits per heavy atom. The van der Waals surface area contributed by atoms with Crippen molar-refractivity contribution in [3.63, 3.8) is 0 Å². The lowest BCUT2D eigenvalue weighted by Gasteiger charge is -2.39. The summed E-state index contributed by atoms with van der Waals surface area (Å²) >= 11 is 1.41. The van der Waals surface area contributed by atoms with Crippen LogP contribution in [0, 0.1) is 0 Å². The summed E-state index contributed by atoms with van der Waals surface area (Å²) in [5, 5.41) is 0.606. The minimum atomic E-state index is -0.557. The van der Waals surface area contributed by atoms with Gasteiger partial charge in [0.2, 0.25) is 5.91 Å². The maximum Gasteiger partial charge on any atom is 0.257 e. The second-order valence-corrected chi connectivity index (χ2v) is 6.59. The molecule has 0 spiro atoms. The second kappa shape index (κ2) is 7.74.